The van der Waals surface area contributed by atoms with Crippen LogP contribution < -0.4 is 10.6 Å². The summed E-state index contributed by atoms with van der Waals surface area (Å²) in [7, 11) is 2.12. The normalized spacial score (nSPS) is 10.4. The van der Waals surface area contributed by atoms with Gasteiger partial charge >= 0.3 is 0 Å². The molecule has 0 aliphatic rings. The first-order chi connectivity index (χ1) is 7.66. The van der Waals surface area contributed by atoms with Gasteiger partial charge < -0.3 is 10.6 Å². The van der Waals surface area contributed by atoms with Crippen molar-refractivity contribution < 1.29 is 0 Å². The van der Waals surface area contributed by atoms with Crippen molar-refractivity contribution in [2.45, 2.75) is 13.5 Å². The number of nitrogens with zero attached hydrogens (tertiary/aromatic N) is 1. The number of nitrogens with two attached hydrogens (primary N) is 1. The summed E-state index contributed by atoms with van der Waals surface area (Å²) in [5.74, 6) is 0. The summed E-state index contributed by atoms with van der Waals surface area (Å²) in [5, 5.41) is 3.46. The number of aryl methyl sites for hydroxylation is 1. The summed E-state index contributed by atoms with van der Waals surface area (Å²) in [4.78, 5) is 2.27. The predicted octanol–water partition coefficient (Wildman–Crippen LogP) is 3.28. The van der Waals surface area contributed by atoms with E-state index in [0.29, 0.717) is 0 Å². The molecule has 1 aromatic carbocycles. The average molecular weight is 232 g/mol. The Kier molecular flexibility index (Phi) is 3.15. The first kappa shape index (κ1) is 11.0. The summed E-state index contributed by atoms with van der Waals surface area (Å²) in [6.45, 7) is 3.06. The third kappa shape index (κ3) is 2.36. The minimum absolute atomic E-state index is 0.818. The highest BCUT2D eigenvalue weighted by atomic mass is 32.1. The molecule has 0 radical (unpaired) electrons. The van der Waals surface area contributed by atoms with Crippen molar-refractivity contribution in [3.05, 3.63) is 46.8 Å². The molecule has 0 amide bonds. The fourth-order valence-corrected chi connectivity index (χ4v) is 2.62. The molecule has 0 fully saturated rings. The number of benzene rings is 1. The maximum absolute atomic E-state index is 5.66. The molecule has 0 saturated carbocycles. The molecule has 3 heteroatoms. The van der Waals surface area contributed by atoms with Gasteiger partial charge in [-0.15, -0.1) is 11.3 Å². The van der Waals surface area contributed by atoms with Gasteiger partial charge in [-0.1, -0.05) is 12.1 Å². The molecule has 0 saturated heterocycles. The lowest BCUT2D eigenvalue weighted by Gasteiger charge is -2.18. The lowest BCUT2D eigenvalue weighted by Crippen LogP contribution is -2.15. The molecule has 1 heterocycles. The van der Waals surface area contributed by atoms with Crippen LogP contribution in [0.1, 0.15) is 11.1 Å². The number of thiophene rings is 1. The quantitative estimate of drug-likeness (QED) is 0.823. The van der Waals surface area contributed by atoms with Crippen LogP contribution in [0.3, 0.4) is 0 Å². The van der Waals surface area contributed by atoms with Gasteiger partial charge in [0.2, 0.25) is 0 Å². The zero-order valence-corrected chi connectivity index (χ0v) is 10.4. The van der Waals surface area contributed by atoms with Gasteiger partial charge in [-0.2, -0.15) is 0 Å². The molecule has 84 valence electrons. The Balaban J connectivity index is 2.10. The van der Waals surface area contributed by atoms with Crippen molar-refractivity contribution in [3.8, 4) is 0 Å². The average Bonchev–Trinajstić information content (AvgIpc) is 2.68. The van der Waals surface area contributed by atoms with Crippen LogP contribution in [0.25, 0.3) is 0 Å². The van der Waals surface area contributed by atoms with E-state index in [0.717, 1.165) is 12.2 Å². The molecule has 0 atom stereocenters. The molecule has 0 spiro atoms. The largest absolute Gasteiger partial charge is 0.399 e. The lowest BCUT2D eigenvalue weighted by atomic mass is 10.2. The first-order valence-electron chi connectivity index (χ1n) is 5.26. The molecule has 2 nitrogen and oxygen atoms in total. The summed E-state index contributed by atoms with van der Waals surface area (Å²) in [6.07, 6.45) is 0. The van der Waals surface area contributed by atoms with Crippen LogP contribution in [0.4, 0.5) is 10.7 Å². The monoisotopic (exact) mass is 232 g/mol. The summed E-state index contributed by atoms with van der Waals surface area (Å²) in [5.41, 5.74) is 9.10. The highest BCUT2D eigenvalue weighted by Gasteiger charge is 2.06. The van der Waals surface area contributed by atoms with E-state index in [4.69, 9.17) is 5.73 Å². The minimum Gasteiger partial charge on any atom is -0.399 e. The SMILES string of the molecule is Cc1ccsc1N(C)Cc1ccc(N)cc1. The van der Waals surface area contributed by atoms with Crippen LogP contribution >= 0.6 is 11.3 Å². The highest BCUT2D eigenvalue weighted by Crippen LogP contribution is 2.26. The van der Waals surface area contributed by atoms with Crippen LogP contribution in [0.5, 0.6) is 0 Å². The van der Waals surface area contributed by atoms with Crippen LogP contribution in [0.2, 0.25) is 0 Å². The van der Waals surface area contributed by atoms with Crippen molar-refractivity contribution in [1.29, 1.82) is 0 Å². The smallest absolute Gasteiger partial charge is 0.0938 e. The van der Waals surface area contributed by atoms with Gasteiger partial charge in [0.15, 0.2) is 0 Å². The first-order valence-corrected chi connectivity index (χ1v) is 6.14. The molecule has 2 N–H and O–H groups in total. The number of nitrogen functional groups attached to an aromatic ring is 1. The Labute approximate surface area is 100 Å². The van der Waals surface area contributed by atoms with Crippen molar-refractivity contribution in [3.63, 3.8) is 0 Å². The van der Waals surface area contributed by atoms with Crippen LogP contribution in [0.15, 0.2) is 35.7 Å². The molecular formula is C13H16N2S. The number of rotatable bonds is 3. The van der Waals surface area contributed by atoms with E-state index >= 15 is 0 Å². The van der Waals surface area contributed by atoms with E-state index in [1.807, 2.05) is 12.1 Å². The molecular weight excluding hydrogens is 216 g/mol. The second-order valence-electron chi connectivity index (χ2n) is 4.01. The zero-order chi connectivity index (χ0) is 11.5. The van der Waals surface area contributed by atoms with E-state index in [9.17, 15) is 0 Å². The van der Waals surface area contributed by atoms with Gasteiger partial charge in [-0.05, 0) is 41.6 Å². The van der Waals surface area contributed by atoms with Gasteiger partial charge in [-0.3, -0.25) is 0 Å². The maximum Gasteiger partial charge on any atom is 0.0938 e. The number of hydrogen-bond donors (Lipinski definition) is 1. The van der Waals surface area contributed by atoms with Gasteiger partial charge in [0, 0.05) is 19.3 Å². The van der Waals surface area contributed by atoms with Gasteiger partial charge in [-0.25, -0.2) is 0 Å². The fraction of sp³-hybridized carbons (Fsp3) is 0.231. The Morgan fingerprint density at radius 3 is 2.44 bits per heavy atom. The third-order valence-electron chi connectivity index (χ3n) is 2.58. The van der Waals surface area contributed by atoms with Gasteiger partial charge in [0.05, 0.1) is 5.00 Å². The second-order valence-corrected chi connectivity index (χ2v) is 4.90. The second kappa shape index (κ2) is 4.58. The number of anilines is 2. The van der Waals surface area contributed by atoms with Crippen molar-refractivity contribution >= 4 is 22.0 Å². The molecule has 1 aromatic heterocycles. The van der Waals surface area contributed by atoms with Crippen LogP contribution in [-0.4, -0.2) is 7.05 Å². The van der Waals surface area contributed by atoms with E-state index in [1.165, 1.54) is 16.1 Å². The summed E-state index contributed by atoms with van der Waals surface area (Å²) >= 11 is 1.78. The molecule has 0 aliphatic heterocycles. The van der Waals surface area contributed by atoms with Crippen molar-refractivity contribution in [2.75, 3.05) is 17.7 Å². The van der Waals surface area contributed by atoms with Crippen LogP contribution in [0, 0.1) is 6.92 Å². The Morgan fingerprint density at radius 1 is 1.19 bits per heavy atom. The topological polar surface area (TPSA) is 29.3 Å². The maximum atomic E-state index is 5.66. The van der Waals surface area contributed by atoms with Crippen molar-refractivity contribution in [2.24, 2.45) is 0 Å². The fourth-order valence-electron chi connectivity index (χ4n) is 1.72. The summed E-state index contributed by atoms with van der Waals surface area (Å²) in [6, 6.07) is 10.2. The third-order valence-corrected chi connectivity index (χ3v) is 3.71. The molecule has 2 rings (SSSR count). The van der Waals surface area contributed by atoms with Gasteiger partial charge in [0.1, 0.15) is 0 Å². The van der Waals surface area contributed by atoms with E-state index in [-0.39, 0.29) is 0 Å². The summed E-state index contributed by atoms with van der Waals surface area (Å²) < 4.78 is 0. The Bertz CT molecular complexity index is 459. The zero-order valence-electron chi connectivity index (χ0n) is 9.60. The lowest BCUT2D eigenvalue weighted by molar-refractivity contribution is 0.930. The van der Waals surface area contributed by atoms with E-state index in [2.05, 4.69) is 42.5 Å². The molecule has 2 aromatic rings. The predicted molar refractivity (Wildman–Crippen MR) is 72.0 cm³/mol. The molecule has 0 aliphatic carbocycles. The molecule has 0 bridgehead atoms. The van der Waals surface area contributed by atoms with Gasteiger partial charge in [0.25, 0.3) is 0 Å². The van der Waals surface area contributed by atoms with Crippen LogP contribution in [-0.2, 0) is 6.54 Å². The number of hydrogen-bond acceptors (Lipinski definition) is 3. The standard InChI is InChI=1S/C13H16N2S/c1-10-7-8-16-13(10)15(2)9-11-3-5-12(14)6-4-11/h3-8H,9,14H2,1-2H3. The van der Waals surface area contributed by atoms with E-state index < -0.39 is 0 Å². The van der Waals surface area contributed by atoms with E-state index in [1.54, 1.807) is 11.3 Å². The van der Waals surface area contributed by atoms with Crippen molar-refractivity contribution in [1.82, 2.24) is 0 Å². The minimum atomic E-state index is 0.818. The Morgan fingerprint density at radius 2 is 1.88 bits per heavy atom. The highest BCUT2D eigenvalue weighted by molar-refractivity contribution is 7.14. The Hall–Kier alpha value is -1.48. The molecule has 0 unspecified atom stereocenters. The molecule has 16 heavy (non-hydrogen) atoms.